The highest BCUT2D eigenvalue weighted by Crippen LogP contribution is 2.30. The van der Waals surface area contributed by atoms with E-state index in [1.165, 1.54) is 19.4 Å². The van der Waals surface area contributed by atoms with E-state index in [-0.39, 0.29) is 17.9 Å². The van der Waals surface area contributed by atoms with Gasteiger partial charge in [0.05, 0.1) is 32.1 Å². The first-order chi connectivity index (χ1) is 16.0. The van der Waals surface area contributed by atoms with E-state index in [1.54, 1.807) is 61.5 Å². The van der Waals surface area contributed by atoms with Crippen molar-refractivity contribution in [3.8, 4) is 23.3 Å². The molecule has 2 aromatic carbocycles. The Balaban J connectivity index is 1.76. The number of rotatable bonds is 9. The van der Waals surface area contributed by atoms with Crippen molar-refractivity contribution in [2.45, 2.75) is 13.5 Å². The van der Waals surface area contributed by atoms with Gasteiger partial charge in [-0.15, -0.1) is 0 Å². The molecule has 0 atom stereocenters. The molecule has 1 aromatic heterocycles. The largest absolute Gasteiger partial charge is 0.497 e. The van der Waals surface area contributed by atoms with Crippen molar-refractivity contribution in [3.05, 3.63) is 83.3 Å². The molecule has 0 bridgehead atoms. The van der Waals surface area contributed by atoms with Gasteiger partial charge in [0, 0.05) is 0 Å². The lowest BCUT2D eigenvalue weighted by molar-refractivity contribution is -0.117. The molecule has 1 N–H and O–H groups in total. The van der Waals surface area contributed by atoms with Crippen molar-refractivity contribution in [2.24, 2.45) is 0 Å². The predicted octanol–water partition coefficient (Wildman–Crippen LogP) is 4.13. The number of nitrogens with one attached hydrogen (secondary N) is 1. The van der Waals surface area contributed by atoms with E-state index >= 15 is 0 Å². The highest BCUT2D eigenvalue weighted by molar-refractivity contribution is 6.01. The van der Waals surface area contributed by atoms with Crippen LogP contribution in [0.25, 0.3) is 6.08 Å². The smallest absolute Gasteiger partial charge is 0.343 e. The Labute approximate surface area is 191 Å². The van der Waals surface area contributed by atoms with Gasteiger partial charge in [-0.25, -0.2) is 4.79 Å². The van der Waals surface area contributed by atoms with E-state index in [4.69, 9.17) is 18.6 Å². The van der Waals surface area contributed by atoms with Crippen molar-refractivity contribution in [1.82, 2.24) is 5.32 Å². The van der Waals surface area contributed by atoms with Crippen LogP contribution in [0, 0.1) is 11.3 Å². The molecule has 0 fully saturated rings. The monoisotopic (exact) mass is 446 g/mol. The van der Waals surface area contributed by atoms with Crippen LogP contribution in [-0.2, 0) is 11.3 Å². The van der Waals surface area contributed by atoms with Crippen molar-refractivity contribution in [3.63, 3.8) is 0 Å². The summed E-state index contributed by atoms with van der Waals surface area (Å²) >= 11 is 0. The third-order valence-corrected chi connectivity index (χ3v) is 4.48. The maximum absolute atomic E-state index is 12.5. The molecule has 0 aliphatic heterocycles. The van der Waals surface area contributed by atoms with Gasteiger partial charge in [0.1, 0.15) is 23.2 Å². The number of hydrogen-bond acceptors (Lipinski definition) is 7. The fraction of sp³-hybridized carbons (Fsp3) is 0.160. The minimum Gasteiger partial charge on any atom is -0.497 e. The number of methoxy groups -OCH3 is 1. The van der Waals surface area contributed by atoms with Crippen molar-refractivity contribution in [1.29, 1.82) is 5.26 Å². The molecular weight excluding hydrogens is 424 g/mol. The number of benzene rings is 2. The predicted molar refractivity (Wildman–Crippen MR) is 120 cm³/mol. The van der Waals surface area contributed by atoms with Gasteiger partial charge in [0.15, 0.2) is 11.5 Å². The van der Waals surface area contributed by atoms with Crippen molar-refractivity contribution < 1.29 is 28.2 Å². The third-order valence-electron chi connectivity index (χ3n) is 4.48. The number of furan rings is 1. The molecule has 0 saturated heterocycles. The maximum atomic E-state index is 12.5. The molecule has 33 heavy (non-hydrogen) atoms. The van der Waals surface area contributed by atoms with Gasteiger partial charge in [-0.3, -0.25) is 4.79 Å². The molecule has 1 heterocycles. The molecular formula is C25H22N2O6. The Hall–Kier alpha value is -4.51. The molecule has 0 saturated carbocycles. The zero-order chi connectivity index (χ0) is 23.6. The van der Waals surface area contributed by atoms with Crippen LogP contribution in [0.2, 0.25) is 0 Å². The lowest BCUT2D eigenvalue weighted by Crippen LogP contribution is -2.23. The van der Waals surface area contributed by atoms with Gasteiger partial charge in [-0.1, -0.05) is 6.07 Å². The summed E-state index contributed by atoms with van der Waals surface area (Å²) in [5.74, 6) is 0.622. The van der Waals surface area contributed by atoms with E-state index < -0.39 is 11.9 Å². The number of esters is 1. The summed E-state index contributed by atoms with van der Waals surface area (Å²) in [5.41, 5.74) is 0.793. The summed E-state index contributed by atoms with van der Waals surface area (Å²) in [4.78, 5) is 24.9. The van der Waals surface area contributed by atoms with Crippen molar-refractivity contribution >= 4 is 18.0 Å². The Morgan fingerprint density at radius 1 is 1.12 bits per heavy atom. The Kier molecular flexibility index (Phi) is 7.86. The van der Waals surface area contributed by atoms with Gasteiger partial charge in [0.25, 0.3) is 5.91 Å². The minimum atomic E-state index is -0.558. The molecule has 168 valence electrons. The summed E-state index contributed by atoms with van der Waals surface area (Å²) in [6.07, 6.45) is 2.93. The molecule has 3 rings (SSSR count). The molecule has 1 amide bonds. The first-order valence-electron chi connectivity index (χ1n) is 10.1. The fourth-order valence-corrected chi connectivity index (χ4v) is 2.84. The molecule has 8 heteroatoms. The second-order valence-electron chi connectivity index (χ2n) is 6.69. The lowest BCUT2D eigenvalue weighted by Gasteiger charge is -2.12. The fourth-order valence-electron chi connectivity index (χ4n) is 2.84. The first kappa shape index (κ1) is 23.2. The number of carbonyl (C=O) groups excluding carboxylic acids is 2. The molecule has 0 aliphatic rings. The lowest BCUT2D eigenvalue weighted by atomic mass is 10.1. The molecule has 3 aromatic rings. The zero-order valence-corrected chi connectivity index (χ0v) is 18.2. The van der Waals surface area contributed by atoms with Crippen LogP contribution >= 0.6 is 0 Å². The Morgan fingerprint density at radius 2 is 1.91 bits per heavy atom. The number of hydrogen-bond donors (Lipinski definition) is 1. The molecule has 0 spiro atoms. The van der Waals surface area contributed by atoms with Gasteiger partial charge in [0.2, 0.25) is 0 Å². The maximum Gasteiger partial charge on any atom is 0.343 e. The minimum absolute atomic E-state index is 0.0908. The average Bonchev–Trinajstić information content (AvgIpc) is 3.36. The highest BCUT2D eigenvalue weighted by Gasteiger charge is 2.15. The summed E-state index contributed by atoms with van der Waals surface area (Å²) in [7, 11) is 1.54. The molecule has 0 aliphatic carbocycles. The molecule has 0 unspecified atom stereocenters. The number of nitrogens with zero attached hydrogens (tertiary/aromatic N) is 1. The van der Waals surface area contributed by atoms with Gasteiger partial charge in [-0.05, 0) is 67.1 Å². The van der Waals surface area contributed by atoms with Crippen LogP contribution in [0.3, 0.4) is 0 Å². The van der Waals surface area contributed by atoms with E-state index in [0.29, 0.717) is 35.0 Å². The van der Waals surface area contributed by atoms with Gasteiger partial charge >= 0.3 is 5.97 Å². The highest BCUT2D eigenvalue weighted by atomic mass is 16.6. The number of amides is 1. The van der Waals surface area contributed by atoms with E-state index in [9.17, 15) is 14.9 Å². The van der Waals surface area contributed by atoms with E-state index in [0.717, 1.165) is 0 Å². The van der Waals surface area contributed by atoms with Crippen LogP contribution in [0.4, 0.5) is 0 Å². The van der Waals surface area contributed by atoms with Crippen LogP contribution in [-0.4, -0.2) is 25.6 Å². The number of nitriles is 1. The first-order valence-corrected chi connectivity index (χ1v) is 10.1. The average molecular weight is 446 g/mol. The van der Waals surface area contributed by atoms with Crippen LogP contribution in [0.1, 0.15) is 28.6 Å². The Bertz CT molecular complexity index is 1170. The normalized spacial score (nSPS) is 10.8. The van der Waals surface area contributed by atoms with Crippen LogP contribution < -0.4 is 19.5 Å². The second-order valence-corrected chi connectivity index (χ2v) is 6.69. The number of ether oxygens (including phenoxy) is 3. The number of carbonyl (C=O) groups is 2. The molecule has 8 nitrogen and oxygen atoms in total. The Morgan fingerprint density at radius 3 is 2.55 bits per heavy atom. The third kappa shape index (κ3) is 6.24. The summed E-state index contributed by atoms with van der Waals surface area (Å²) in [5, 5.41) is 12.0. The van der Waals surface area contributed by atoms with Gasteiger partial charge in [-0.2, -0.15) is 5.26 Å². The quantitative estimate of drug-likeness (QED) is 0.228. The topological polar surface area (TPSA) is 111 Å². The van der Waals surface area contributed by atoms with Gasteiger partial charge < -0.3 is 23.9 Å². The standard InChI is InChI=1S/C25H22N2O6/c1-3-31-23-14-17(13-19(15-26)24(28)27-16-21-5-4-12-32-21)6-11-22(23)33-25(29)18-7-9-20(30-2)10-8-18/h4-14H,3,16H2,1-2H3,(H,27,28)/b19-13+. The summed E-state index contributed by atoms with van der Waals surface area (Å²) in [6.45, 7) is 2.28. The SMILES string of the molecule is CCOc1cc(/C=C(\C#N)C(=O)NCc2ccco2)ccc1OC(=O)c1ccc(OC)cc1. The van der Waals surface area contributed by atoms with Crippen LogP contribution in [0.5, 0.6) is 17.2 Å². The van der Waals surface area contributed by atoms with Crippen molar-refractivity contribution in [2.75, 3.05) is 13.7 Å². The van der Waals surface area contributed by atoms with E-state index in [2.05, 4.69) is 5.32 Å². The molecule has 0 radical (unpaired) electrons. The van der Waals surface area contributed by atoms with Crippen LogP contribution in [0.15, 0.2) is 70.9 Å². The second kappa shape index (κ2) is 11.2. The summed E-state index contributed by atoms with van der Waals surface area (Å²) < 4.78 is 21.3. The zero-order valence-electron chi connectivity index (χ0n) is 18.2. The summed E-state index contributed by atoms with van der Waals surface area (Å²) in [6, 6.07) is 16.6. The van der Waals surface area contributed by atoms with E-state index in [1.807, 2.05) is 6.07 Å².